The normalized spacial score (nSPS) is 11.8. The second-order valence-corrected chi connectivity index (χ2v) is 3.16. The Morgan fingerprint density at radius 1 is 1.33 bits per heavy atom. The molecule has 2 heteroatoms. The van der Waals surface area contributed by atoms with Gasteiger partial charge in [-0.25, -0.2) is 0 Å². The van der Waals surface area contributed by atoms with Crippen LogP contribution in [0.3, 0.4) is 0 Å². The summed E-state index contributed by atoms with van der Waals surface area (Å²) in [6.07, 6.45) is 8.01. The van der Waals surface area contributed by atoms with E-state index in [2.05, 4.69) is 13.8 Å². The van der Waals surface area contributed by atoms with Crippen LogP contribution in [-0.4, -0.2) is 29.3 Å². The standard InChI is InChI=1S/C10H20O.Mg.2H/c1-3-5-7-10(4-2)8-6-9-11;;;/h9-10H,3-8H2,1-2H3;;;/q;+2;2*-1. The van der Waals surface area contributed by atoms with Crippen molar-refractivity contribution >= 4 is 29.3 Å². The first-order valence-corrected chi connectivity index (χ1v) is 4.78. The van der Waals surface area contributed by atoms with Gasteiger partial charge in [-0.15, -0.1) is 0 Å². The molecule has 0 bridgehead atoms. The third-order valence-electron chi connectivity index (χ3n) is 2.24. The number of carbonyl (C=O) groups is 1. The number of rotatable bonds is 7. The Bertz CT molecular complexity index is 102. The van der Waals surface area contributed by atoms with Crippen LogP contribution in [0.2, 0.25) is 0 Å². The molecule has 12 heavy (non-hydrogen) atoms. The molecule has 0 saturated heterocycles. The molecule has 1 atom stereocenters. The molecule has 0 radical (unpaired) electrons. The van der Waals surface area contributed by atoms with Crippen molar-refractivity contribution in [2.24, 2.45) is 5.92 Å². The summed E-state index contributed by atoms with van der Waals surface area (Å²) < 4.78 is 0. The van der Waals surface area contributed by atoms with Crippen LogP contribution in [0.15, 0.2) is 0 Å². The van der Waals surface area contributed by atoms with Crippen LogP contribution in [0, 0.1) is 5.92 Å². The SMILES string of the molecule is CCCCC(CC)CCC=O.[H-].[H-].[Mg+2]. The number of unbranched alkanes of at least 4 members (excludes halogenated alkanes) is 1. The Hall–Kier alpha value is 0.436. The molecule has 0 saturated carbocycles. The molecule has 1 nitrogen and oxygen atoms in total. The molecule has 0 spiro atoms. The van der Waals surface area contributed by atoms with Gasteiger partial charge in [0.2, 0.25) is 0 Å². The average Bonchev–Trinajstić information content (AvgIpc) is 2.05. The third kappa shape index (κ3) is 8.53. The Labute approximate surface area is 95.4 Å². The molecule has 0 aromatic carbocycles. The Balaban J connectivity index is -0.000000167. The minimum absolute atomic E-state index is 0. The molecular formula is C10H22MgO. The molecule has 0 fully saturated rings. The molecule has 0 aromatic rings. The topological polar surface area (TPSA) is 17.1 Å². The summed E-state index contributed by atoms with van der Waals surface area (Å²) >= 11 is 0. The fourth-order valence-corrected chi connectivity index (χ4v) is 1.35. The smallest absolute Gasteiger partial charge is 1.00 e. The van der Waals surface area contributed by atoms with Gasteiger partial charge in [-0.2, -0.15) is 0 Å². The summed E-state index contributed by atoms with van der Waals surface area (Å²) in [7, 11) is 0. The zero-order valence-electron chi connectivity index (χ0n) is 10.5. The predicted octanol–water partition coefficient (Wildman–Crippen LogP) is 3.03. The zero-order valence-corrected chi connectivity index (χ0v) is 9.93. The first-order valence-electron chi connectivity index (χ1n) is 4.78. The third-order valence-corrected chi connectivity index (χ3v) is 2.24. The van der Waals surface area contributed by atoms with Gasteiger partial charge in [-0.05, 0) is 12.3 Å². The second-order valence-electron chi connectivity index (χ2n) is 3.16. The zero-order chi connectivity index (χ0) is 8.53. The van der Waals surface area contributed by atoms with E-state index in [9.17, 15) is 4.79 Å². The number of carbonyl (C=O) groups excluding carboxylic acids is 1. The van der Waals surface area contributed by atoms with Crippen LogP contribution < -0.4 is 0 Å². The van der Waals surface area contributed by atoms with Crippen molar-refractivity contribution in [2.45, 2.75) is 52.4 Å². The monoisotopic (exact) mass is 182 g/mol. The van der Waals surface area contributed by atoms with E-state index in [4.69, 9.17) is 0 Å². The van der Waals surface area contributed by atoms with E-state index in [1.165, 1.54) is 25.7 Å². The molecule has 70 valence electrons. The van der Waals surface area contributed by atoms with Crippen LogP contribution in [-0.2, 0) is 4.79 Å². The summed E-state index contributed by atoms with van der Waals surface area (Å²) in [5, 5.41) is 0. The van der Waals surface area contributed by atoms with Crippen molar-refractivity contribution in [1.29, 1.82) is 0 Å². The van der Waals surface area contributed by atoms with E-state index in [1.807, 2.05) is 0 Å². The summed E-state index contributed by atoms with van der Waals surface area (Å²) in [4.78, 5) is 10.1. The molecule has 0 rings (SSSR count). The summed E-state index contributed by atoms with van der Waals surface area (Å²) in [6, 6.07) is 0. The quantitative estimate of drug-likeness (QED) is 0.437. The number of hydrogen-bond donors (Lipinski definition) is 0. The summed E-state index contributed by atoms with van der Waals surface area (Å²) in [5.41, 5.74) is 0. The maximum Gasteiger partial charge on any atom is 2.00 e. The Morgan fingerprint density at radius 3 is 2.42 bits per heavy atom. The second kappa shape index (κ2) is 11.4. The molecular weight excluding hydrogens is 160 g/mol. The number of aldehydes is 1. The van der Waals surface area contributed by atoms with Gasteiger partial charge in [0.25, 0.3) is 0 Å². The fraction of sp³-hybridized carbons (Fsp3) is 0.900. The van der Waals surface area contributed by atoms with Crippen molar-refractivity contribution < 1.29 is 7.65 Å². The van der Waals surface area contributed by atoms with Crippen molar-refractivity contribution in [3.63, 3.8) is 0 Å². The number of hydrogen-bond acceptors (Lipinski definition) is 1. The largest absolute Gasteiger partial charge is 2.00 e. The molecule has 1 unspecified atom stereocenters. The van der Waals surface area contributed by atoms with E-state index < -0.39 is 0 Å². The fourth-order valence-electron chi connectivity index (χ4n) is 1.35. The van der Waals surface area contributed by atoms with E-state index in [0.29, 0.717) is 0 Å². The van der Waals surface area contributed by atoms with Crippen molar-refractivity contribution in [1.82, 2.24) is 0 Å². The van der Waals surface area contributed by atoms with Crippen molar-refractivity contribution in [3.8, 4) is 0 Å². The molecule has 0 aromatic heterocycles. The van der Waals surface area contributed by atoms with Crippen LogP contribution in [0.1, 0.15) is 55.2 Å². The summed E-state index contributed by atoms with van der Waals surface area (Å²) in [5.74, 6) is 0.792. The molecule has 0 heterocycles. The van der Waals surface area contributed by atoms with E-state index >= 15 is 0 Å². The van der Waals surface area contributed by atoms with Crippen LogP contribution in [0.4, 0.5) is 0 Å². The van der Waals surface area contributed by atoms with Gasteiger partial charge < -0.3 is 7.65 Å². The maximum absolute atomic E-state index is 10.1. The molecule has 0 aliphatic heterocycles. The van der Waals surface area contributed by atoms with Gasteiger partial charge in [0, 0.05) is 6.42 Å². The minimum atomic E-state index is 0. The minimum Gasteiger partial charge on any atom is -1.00 e. The predicted molar refractivity (Wildman–Crippen MR) is 56.6 cm³/mol. The van der Waals surface area contributed by atoms with Crippen molar-refractivity contribution in [3.05, 3.63) is 0 Å². The molecule has 0 N–H and O–H groups in total. The Kier molecular flexibility index (Phi) is 14.2. The van der Waals surface area contributed by atoms with Gasteiger partial charge in [-0.1, -0.05) is 39.5 Å². The average molecular weight is 183 g/mol. The van der Waals surface area contributed by atoms with Gasteiger partial charge in [0.15, 0.2) is 0 Å². The van der Waals surface area contributed by atoms with Gasteiger partial charge in [0.05, 0.1) is 0 Å². The van der Waals surface area contributed by atoms with Gasteiger partial charge in [-0.3, -0.25) is 0 Å². The molecule has 0 aliphatic carbocycles. The van der Waals surface area contributed by atoms with Crippen molar-refractivity contribution in [2.75, 3.05) is 0 Å². The van der Waals surface area contributed by atoms with Crippen LogP contribution in [0.5, 0.6) is 0 Å². The van der Waals surface area contributed by atoms with E-state index in [1.54, 1.807) is 0 Å². The Morgan fingerprint density at radius 2 is 2.00 bits per heavy atom. The van der Waals surface area contributed by atoms with Gasteiger partial charge in [0.1, 0.15) is 6.29 Å². The van der Waals surface area contributed by atoms with Gasteiger partial charge >= 0.3 is 23.1 Å². The van der Waals surface area contributed by atoms with E-state index in [0.717, 1.165) is 25.0 Å². The van der Waals surface area contributed by atoms with Crippen LogP contribution in [0.25, 0.3) is 0 Å². The van der Waals surface area contributed by atoms with Crippen LogP contribution >= 0.6 is 0 Å². The first-order chi connectivity index (χ1) is 5.35. The first kappa shape index (κ1) is 14.9. The summed E-state index contributed by atoms with van der Waals surface area (Å²) in [6.45, 7) is 4.43. The van der Waals surface area contributed by atoms with E-state index in [-0.39, 0.29) is 25.9 Å². The molecule has 0 amide bonds. The molecule has 0 aliphatic rings. The maximum atomic E-state index is 10.1.